The molecule has 1 N–H and O–H groups in total. The molecule has 2 aromatic rings. The molecule has 0 fully saturated rings. The van der Waals surface area contributed by atoms with Gasteiger partial charge in [0.25, 0.3) is 0 Å². The van der Waals surface area contributed by atoms with Crippen LogP contribution in [0.25, 0.3) is 0 Å². The summed E-state index contributed by atoms with van der Waals surface area (Å²) in [4.78, 5) is 0. The Balaban J connectivity index is 1.66. The first-order valence-corrected chi connectivity index (χ1v) is 7.01. The molecule has 0 amide bonds. The van der Waals surface area contributed by atoms with Gasteiger partial charge in [0.15, 0.2) is 0 Å². The van der Waals surface area contributed by atoms with Gasteiger partial charge in [-0.25, -0.2) is 4.39 Å². The monoisotopic (exact) mass is 308 g/mol. The van der Waals surface area contributed by atoms with E-state index in [4.69, 9.17) is 21.1 Å². The Kier molecular flexibility index (Phi) is 3.99. The van der Waals surface area contributed by atoms with Crippen LogP contribution in [0, 0.1) is 5.82 Å². The molecule has 0 saturated heterocycles. The number of benzene rings is 2. The molecule has 1 unspecified atom stereocenters. The van der Waals surface area contributed by atoms with Crippen molar-refractivity contribution in [1.82, 2.24) is 0 Å². The van der Waals surface area contributed by atoms with E-state index in [-0.39, 0.29) is 18.5 Å². The Hall–Kier alpha value is -1.78. The van der Waals surface area contributed by atoms with Gasteiger partial charge in [0.2, 0.25) is 0 Å². The molecule has 1 aliphatic rings. The van der Waals surface area contributed by atoms with Gasteiger partial charge in [0, 0.05) is 22.6 Å². The van der Waals surface area contributed by atoms with Crippen molar-refractivity contribution in [3.05, 3.63) is 58.4 Å². The number of ether oxygens (including phenoxy) is 2. The predicted molar refractivity (Wildman–Crippen MR) is 77.4 cm³/mol. The van der Waals surface area contributed by atoms with E-state index >= 15 is 0 Å². The van der Waals surface area contributed by atoms with Crippen molar-refractivity contribution in [3.63, 3.8) is 0 Å². The number of hydrogen-bond donors (Lipinski definition) is 1. The second kappa shape index (κ2) is 5.92. The van der Waals surface area contributed by atoms with Crippen molar-refractivity contribution in [2.24, 2.45) is 0 Å². The summed E-state index contributed by atoms with van der Waals surface area (Å²) in [6.07, 6.45) is 0.426. The van der Waals surface area contributed by atoms with E-state index < -0.39 is 0 Å². The van der Waals surface area contributed by atoms with Crippen molar-refractivity contribution in [2.45, 2.75) is 19.1 Å². The molecule has 0 aromatic heterocycles. The Bertz CT molecular complexity index is 660. The zero-order valence-electron chi connectivity index (χ0n) is 11.2. The quantitative estimate of drug-likeness (QED) is 0.941. The zero-order valence-corrected chi connectivity index (χ0v) is 11.9. The van der Waals surface area contributed by atoms with Crippen LogP contribution >= 0.6 is 11.6 Å². The normalized spacial score (nSPS) is 16.4. The van der Waals surface area contributed by atoms with E-state index in [0.29, 0.717) is 35.1 Å². The lowest BCUT2D eigenvalue weighted by Gasteiger charge is -2.15. The fourth-order valence-electron chi connectivity index (χ4n) is 2.39. The van der Waals surface area contributed by atoms with E-state index in [2.05, 4.69) is 0 Å². The molecule has 3 rings (SSSR count). The zero-order chi connectivity index (χ0) is 14.8. The molecule has 1 heterocycles. The van der Waals surface area contributed by atoms with Crippen LogP contribution in [0.4, 0.5) is 4.39 Å². The SMILES string of the molecule is OCc1c(Cl)cccc1OCC1Cc2cc(F)ccc2O1. The van der Waals surface area contributed by atoms with E-state index in [1.54, 1.807) is 24.3 Å². The lowest BCUT2D eigenvalue weighted by molar-refractivity contribution is 0.146. The molecule has 0 saturated carbocycles. The van der Waals surface area contributed by atoms with Gasteiger partial charge in [-0.05, 0) is 30.3 Å². The highest BCUT2D eigenvalue weighted by atomic mass is 35.5. The topological polar surface area (TPSA) is 38.7 Å². The maximum absolute atomic E-state index is 13.2. The number of fused-ring (bicyclic) bond motifs is 1. The minimum absolute atomic E-state index is 0.174. The standard InChI is InChI=1S/C16H14ClFO3/c17-14-2-1-3-16(13(14)8-19)20-9-12-7-10-6-11(18)4-5-15(10)21-12/h1-6,12,19H,7-9H2. The molecular weight excluding hydrogens is 295 g/mol. The van der Waals surface area contributed by atoms with Gasteiger partial charge in [-0.15, -0.1) is 0 Å². The maximum atomic E-state index is 13.2. The lowest BCUT2D eigenvalue weighted by Crippen LogP contribution is -2.22. The van der Waals surface area contributed by atoms with Crippen molar-refractivity contribution >= 4 is 11.6 Å². The summed E-state index contributed by atoms with van der Waals surface area (Å²) in [6, 6.07) is 9.69. The molecule has 2 aromatic carbocycles. The van der Waals surface area contributed by atoms with Gasteiger partial charge >= 0.3 is 0 Å². The summed E-state index contributed by atoms with van der Waals surface area (Å²) in [5.41, 5.74) is 1.40. The molecule has 21 heavy (non-hydrogen) atoms. The number of aliphatic hydroxyl groups excluding tert-OH is 1. The number of aliphatic hydroxyl groups is 1. The number of hydrogen-bond acceptors (Lipinski definition) is 3. The van der Waals surface area contributed by atoms with E-state index in [0.717, 1.165) is 5.56 Å². The summed E-state index contributed by atoms with van der Waals surface area (Å²) < 4.78 is 24.5. The highest BCUT2D eigenvalue weighted by molar-refractivity contribution is 6.31. The van der Waals surface area contributed by atoms with Crippen LogP contribution in [-0.4, -0.2) is 17.8 Å². The predicted octanol–water partition coefficient (Wildman–Crippen LogP) is 3.35. The molecule has 0 radical (unpaired) electrons. The smallest absolute Gasteiger partial charge is 0.137 e. The maximum Gasteiger partial charge on any atom is 0.137 e. The molecule has 0 aliphatic carbocycles. The Morgan fingerprint density at radius 1 is 1.33 bits per heavy atom. The van der Waals surface area contributed by atoms with E-state index in [1.165, 1.54) is 12.1 Å². The molecular formula is C16H14ClFO3. The Labute approximate surface area is 126 Å². The summed E-state index contributed by atoms with van der Waals surface area (Å²) in [5, 5.41) is 9.79. The molecule has 110 valence electrons. The second-order valence-corrected chi connectivity index (χ2v) is 5.29. The van der Waals surface area contributed by atoms with Gasteiger partial charge in [0.05, 0.1) is 6.61 Å². The Morgan fingerprint density at radius 3 is 3.00 bits per heavy atom. The van der Waals surface area contributed by atoms with Crippen LogP contribution in [-0.2, 0) is 13.0 Å². The highest BCUT2D eigenvalue weighted by Crippen LogP contribution is 2.31. The van der Waals surface area contributed by atoms with Crippen LogP contribution in [0.2, 0.25) is 5.02 Å². The van der Waals surface area contributed by atoms with Crippen molar-refractivity contribution in [1.29, 1.82) is 0 Å². The van der Waals surface area contributed by atoms with Gasteiger partial charge < -0.3 is 14.6 Å². The van der Waals surface area contributed by atoms with Crippen molar-refractivity contribution in [2.75, 3.05) is 6.61 Å². The third-order valence-electron chi connectivity index (χ3n) is 3.42. The number of rotatable bonds is 4. The average molecular weight is 309 g/mol. The largest absolute Gasteiger partial charge is 0.489 e. The number of halogens is 2. The highest BCUT2D eigenvalue weighted by Gasteiger charge is 2.24. The lowest BCUT2D eigenvalue weighted by atomic mass is 10.1. The summed E-state index contributed by atoms with van der Waals surface area (Å²) in [6.45, 7) is 0.121. The molecule has 0 spiro atoms. The van der Waals surface area contributed by atoms with Crippen LogP contribution in [0.5, 0.6) is 11.5 Å². The molecule has 1 aliphatic heterocycles. The third-order valence-corrected chi connectivity index (χ3v) is 3.78. The van der Waals surface area contributed by atoms with Crippen molar-refractivity contribution in [3.8, 4) is 11.5 Å². The summed E-state index contributed by atoms with van der Waals surface area (Å²) in [7, 11) is 0. The van der Waals surface area contributed by atoms with Gasteiger partial charge in [-0.2, -0.15) is 0 Å². The van der Waals surface area contributed by atoms with Gasteiger partial charge in [0.1, 0.15) is 30.0 Å². The molecule has 0 bridgehead atoms. The van der Waals surface area contributed by atoms with Crippen LogP contribution < -0.4 is 9.47 Å². The first-order chi connectivity index (χ1) is 10.2. The summed E-state index contributed by atoms with van der Waals surface area (Å²) >= 11 is 6.00. The van der Waals surface area contributed by atoms with Crippen molar-refractivity contribution < 1.29 is 19.0 Å². The minimum Gasteiger partial charge on any atom is -0.489 e. The first-order valence-electron chi connectivity index (χ1n) is 6.63. The van der Waals surface area contributed by atoms with Gasteiger partial charge in [-0.3, -0.25) is 0 Å². The second-order valence-electron chi connectivity index (χ2n) is 4.88. The fraction of sp³-hybridized carbons (Fsp3) is 0.250. The van der Waals surface area contributed by atoms with E-state index in [1.807, 2.05) is 0 Å². The molecule has 5 heteroatoms. The fourth-order valence-corrected chi connectivity index (χ4v) is 2.62. The summed E-state index contributed by atoms with van der Waals surface area (Å²) in [5.74, 6) is 0.963. The van der Waals surface area contributed by atoms with E-state index in [9.17, 15) is 9.50 Å². The van der Waals surface area contributed by atoms with Crippen LogP contribution in [0.1, 0.15) is 11.1 Å². The minimum atomic E-state index is -0.267. The molecule has 1 atom stereocenters. The van der Waals surface area contributed by atoms with Crippen LogP contribution in [0.3, 0.4) is 0 Å². The average Bonchev–Trinajstić information content (AvgIpc) is 2.87. The first kappa shape index (κ1) is 14.2. The third kappa shape index (κ3) is 2.96. The Morgan fingerprint density at radius 2 is 2.19 bits per heavy atom. The van der Waals surface area contributed by atoms with Crippen LogP contribution in [0.15, 0.2) is 36.4 Å². The van der Waals surface area contributed by atoms with Gasteiger partial charge in [-0.1, -0.05) is 17.7 Å². The molecule has 3 nitrogen and oxygen atoms in total.